The largest absolute Gasteiger partial charge is 0.384 e. The molecule has 0 saturated carbocycles. The topological polar surface area (TPSA) is 21.3 Å². The Bertz CT molecular complexity index is 366. The van der Waals surface area contributed by atoms with Crippen molar-refractivity contribution in [3.05, 3.63) is 29.0 Å². The Morgan fingerprint density at radius 2 is 2.35 bits per heavy atom. The van der Waals surface area contributed by atoms with E-state index in [-0.39, 0.29) is 5.82 Å². The first-order chi connectivity index (χ1) is 8.25. The highest BCUT2D eigenvalue weighted by molar-refractivity contribution is 6.33. The Morgan fingerprint density at radius 1 is 1.47 bits per heavy atom. The second-order valence-electron chi connectivity index (χ2n) is 4.33. The van der Waals surface area contributed by atoms with Crippen molar-refractivity contribution in [2.45, 2.75) is 31.8 Å². The van der Waals surface area contributed by atoms with Gasteiger partial charge in [0, 0.05) is 13.2 Å². The molecule has 1 heterocycles. The molecule has 1 aliphatic rings. The Kier molecular flexibility index (Phi) is 4.63. The van der Waals surface area contributed by atoms with E-state index in [1.807, 2.05) is 0 Å². The summed E-state index contributed by atoms with van der Waals surface area (Å²) in [5, 5.41) is 3.71. The fourth-order valence-electron chi connectivity index (χ4n) is 2.06. The number of anilines is 1. The van der Waals surface area contributed by atoms with Gasteiger partial charge in [0.05, 0.1) is 16.8 Å². The molecule has 1 N–H and O–H groups in total. The zero-order chi connectivity index (χ0) is 12.1. The van der Waals surface area contributed by atoms with Gasteiger partial charge in [-0.1, -0.05) is 11.6 Å². The number of halogens is 2. The SMILES string of the molecule is Fc1ccc(Cl)c(NCCCC2CCCO2)c1. The molecule has 2 rings (SSSR count). The molecular weight excluding hydrogens is 241 g/mol. The molecule has 0 aliphatic carbocycles. The molecule has 1 unspecified atom stereocenters. The van der Waals surface area contributed by atoms with Gasteiger partial charge in [-0.2, -0.15) is 0 Å². The summed E-state index contributed by atoms with van der Waals surface area (Å²) in [6.07, 6.45) is 4.83. The van der Waals surface area contributed by atoms with E-state index < -0.39 is 0 Å². The molecule has 0 bridgehead atoms. The standard InChI is InChI=1S/C13H17ClFNO/c14-12-6-5-10(15)9-13(12)16-7-1-3-11-4-2-8-17-11/h5-6,9,11,16H,1-4,7-8H2. The first-order valence-corrected chi connectivity index (χ1v) is 6.44. The molecule has 1 saturated heterocycles. The maximum absolute atomic E-state index is 13.0. The number of hydrogen-bond acceptors (Lipinski definition) is 2. The van der Waals surface area contributed by atoms with Crippen LogP contribution in [0.15, 0.2) is 18.2 Å². The molecule has 2 nitrogen and oxygen atoms in total. The van der Waals surface area contributed by atoms with Gasteiger partial charge >= 0.3 is 0 Å². The van der Waals surface area contributed by atoms with Crippen molar-refractivity contribution in [1.29, 1.82) is 0 Å². The van der Waals surface area contributed by atoms with Crippen LogP contribution in [0.1, 0.15) is 25.7 Å². The van der Waals surface area contributed by atoms with Crippen molar-refractivity contribution in [2.24, 2.45) is 0 Å². The van der Waals surface area contributed by atoms with E-state index in [4.69, 9.17) is 16.3 Å². The van der Waals surface area contributed by atoms with Crippen molar-refractivity contribution in [2.75, 3.05) is 18.5 Å². The molecule has 1 aromatic carbocycles. The minimum absolute atomic E-state index is 0.268. The molecular formula is C13H17ClFNO. The van der Waals surface area contributed by atoms with Crippen LogP contribution in [0.25, 0.3) is 0 Å². The second kappa shape index (κ2) is 6.22. The Balaban J connectivity index is 1.72. The van der Waals surface area contributed by atoms with Gasteiger partial charge in [-0.25, -0.2) is 4.39 Å². The lowest BCUT2D eigenvalue weighted by Gasteiger charge is -2.11. The minimum atomic E-state index is -0.268. The lowest BCUT2D eigenvalue weighted by molar-refractivity contribution is 0.103. The van der Waals surface area contributed by atoms with Gasteiger partial charge in [-0.05, 0) is 43.9 Å². The maximum Gasteiger partial charge on any atom is 0.125 e. The van der Waals surface area contributed by atoms with E-state index in [1.165, 1.54) is 25.0 Å². The van der Waals surface area contributed by atoms with Gasteiger partial charge in [0.25, 0.3) is 0 Å². The van der Waals surface area contributed by atoms with E-state index in [9.17, 15) is 4.39 Å². The lowest BCUT2D eigenvalue weighted by atomic mass is 10.1. The van der Waals surface area contributed by atoms with Crippen LogP contribution in [-0.2, 0) is 4.74 Å². The Labute approximate surface area is 106 Å². The molecule has 1 atom stereocenters. The highest BCUT2D eigenvalue weighted by atomic mass is 35.5. The molecule has 1 aliphatic heterocycles. The fourth-order valence-corrected chi connectivity index (χ4v) is 2.24. The molecule has 1 fully saturated rings. The van der Waals surface area contributed by atoms with Gasteiger partial charge in [0.15, 0.2) is 0 Å². The van der Waals surface area contributed by atoms with Crippen LogP contribution >= 0.6 is 11.6 Å². The van der Waals surface area contributed by atoms with Crippen molar-refractivity contribution in [3.63, 3.8) is 0 Å². The molecule has 0 spiro atoms. The van der Waals surface area contributed by atoms with Gasteiger partial charge in [-0.3, -0.25) is 0 Å². The summed E-state index contributed by atoms with van der Waals surface area (Å²) in [7, 11) is 0. The Morgan fingerprint density at radius 3 is 3.12 bits per heavy atom. The van der Waals surface area contributed by atoms with E-state index in [0.717, 1.165) is 26.0 Å². The number of nitrogens with one attached hydrogen (secondary N) is 1. The average Bonchev–Trinajstić information content (AvgIpc) is 2.82. The van der Waals surface area contributed by atoms with E-state index in [1.54, 1.807) is 6.07 Å². The predicted octanol–water partition coefficient (Wildman–Crippen LogP) is 3.85. The Hall–Kier alpha value is -0.800. The van der Waals surface area contributed by atoms with Crippen LogP contribution in [0.3, 0.4) is 0 Å². The summed E-state index contributed by atoms with van der Waals surface area (Å²) >= 11 is 5.95. The smallest absolute Gasteiger partial charge is 0.125 e. The fraction of sp³-hybridized carbons (Fsp3) is 0.538. The molecule has 0 aromatic heterocycles. The monoisotopic (exact) mass is 257 g/mol. The number of rotatable bonds is 5. The second-order valence-corrected chi connectivity index (χ2v) is 4.74. The van der Waals surface area contributed by atoms with Crippen molar-refractivity contribution < 1.29 is 9.13 Å². The molecule has 94 valence electrons. The first kappa shape index (κ1) is 12.7. The molecule has 0 radical (unpaired) electrons. The van der Waals surface area contributed by atoms with E-state index in [2.05, 4.69) is 5.32 Å². The van der Waals surface area contributed by atoms with E-state index in [0.29, 0.717) is 16.8 Å². The number of benzene rings is 1. The highest BCUT2D eigenvalue weighted by Gasteiger charge is 2.14. The number of hydrogen-bond donors (Lipinski definition) is 1. The summed E-state index contributed by atoms with van der Waals surface area (Å²) in [5.74, 6) is -0.268. The minimum Gasteiger partial charge on any atom is -0.384 e. The van der Waals surface area contributed by atoms with Gasteiger partial charge in [0.2, 0.25) is 0 Å². The molecule has 1 aromatic rings. The summed E-state index contributed by atoms with van der Waals surface area (Å²) in [6.45, 7) is 1.69. The molecule has 17 heavy (non-hydrogen) atoms. The van der Waals surface area contributed by atoms with Crippen LogP contribution in [0.5, 0.6) is 0 Å². The van der Waals surface area contributed by atoms with Crippen LogP contribution in [0, 0.1) is 5.82 Å². The van der Waals surface area contributed by atoms with Crippen molar-refractivity contribution in [1.82, 2.24) is 0 Å². The summed E-state index contributed by atoms with van der Waals surface area (Å²) in [4.78, 5) is 0. The number of ether oxygens (including phenoxy) is 1. The lowest BCUT2D eigenvalue weighted by Crippen LogP contribution is -2.09. The average molecular weight is 258 g/mol. The molecule has 0 amide bonds. The zero-order valence-corrected chi connectivity index (χ0v) is 10.5. The third-order valence-electron chi connectivity index (χ3n) is 2.97. The highest BCUT2D eigenvalue weighted by Crippen LogP contribution is 2.23. The van der Waals surface area contributed by atoms with Crippen LogP contribution in [0.2, 0.25) is 5.02 Å². The van der Waals surface area contributed by atoms with Crippen molar-refractivity contribution in [3.8, 4) is 0 Å². The summed E-state index contributed by atoms with van der Waals surface area (Å²) in [5.41, 5.74) is 0.666. The van der Waals surface area contributed by atoms with Gasteiger partial charge in [-0.15, -0.1) is 0 Å². The summed E-state index contributed by atoms with van der Waals surface area (Å²) < 4.78 is 18.5. The van der Waals surface area contributed by atoms with Gasteiger partial charge < -0.3 is 10.1 Å². The predicted molar refractivity (Wildman–Crippen MR) is 68.1 cm³/mol. The van der Waals surface area contributed by atoms with E-state index >= 15 is 0 Å². The quantitative estimate of drug-likeness (QED) is 0.809. The maximum atomic E-state index is 13.0. The zero-order valence-electron chi connectivity index (χ0n) is 9.72. The molecule has 4 heteroatoms. The first-order valence-electron chi connectivity index (χ1n) is 6.06. The van der Waals surface area contributed by atoms with Gasteiger partial charge in [0.1, 0.15) is 5.82 Å². The van der Waals surface area contributed by atoms with Crippen molar-refractivity contribution >= 4 is 17.3 Å². The van der Waals surface area contributed by atoms with Crippen LogP contribution < -0.4 is 5.32 Å². The third kappa shape index (κ3) is 3.86. The van der Waals surface area contributed by atoms with Crippen LogP contribution in [0.4, 0.5) is 10.1 Å². The van der Waals surface area contributed by atoms with Crippen LogP contribution in [-0.4, -0.2) is 19.3 Å². The third-order valence-corrected chi connectivity index (χ3v) is 3.30. The summed E-state index contributed by atoms with van der Waals surface area (Å²) in [6, 6.07) is 4.35. The normalized spacial score (nSPS) is 19.5.